The molecular formula is C26H20BrFN4O8. The minimum Gasteiger partial charge on any atom is -0.503 e. The number of amides is 1. The Morgan fingerprint density at radius 2 is 1.65 bits per heavy atom. The highest BCUT2D eigenvalue weighted by Crippen LogP contribution is 2.51. The largest absolute Gasteiger partial charge is 0.503 e. The van der Waals surface area contributed by atoms with E-state index in [-0.39, 0.29) is 34.9 Å². The lowest BCUT2D eigenvalue weighted by atomic mass is 10.1. The van der Waals surface area contributed by atoms with Gasteiger partial charge in [-0.25, -0.2) is 9.07 Å². The van der Waals surface area contributed by atoms with Crippen LogP contribution >= 0.6 is 15.9 Å². The minimum absolute atomic E-state index is 0.0601. The molecule has 1 aromatic heterocycles. The van der Waals surface area contributed by atoms with Crippen molar-refractivity contribution in [1.29, 1.82) is 0 Å². The zero-order valence-corrected chi connectivity index (χ0v) is 21.9. The average molecular weight is 615 g/mol. The van der Waals surface area contributed by atoms with Crippen LogP contribution in [0, 0.1) is 15.9 Å². The van der Waals surface area contributed by atoms with Crippen molar-refractivity contribution in [3.63, 3.8) is 0 Å². The summed E-state index contributed by atoms with van der Waals surface area (Å²) >= 11 is 2.88. The number of benzene rings is 3. The van der Waals surface area contributed by atoms with Crippen molar-refractivity contribution in [1.82, 2.24) is 14.7 Å². The topological polar surface area (TPSA) is 171 Å². The predicted molar refractivity (Wildman–Crippen MR) is 141 cm³/mol. The van der Waals surface area contributed by atoms with Gasteiger partial charge in [-0.1, -0.05) is 12.1 Å². The molecule has 1 aliphatic heterocycles. The Bertz CT molecular complexity index is 1600. The Kier molecular flexibility index (Phi) is 7.04. The van der Waals surface area contributed by atoms with Gasteiger partial charge >= 0.3 is 0 Å². The summed E-state index contributed by atoms with van der Waals surface area (Å²) in [5.41, 5.74) is 1.17. The van der Waals surface area contributed by atoms with Gasteiger partial charge in [0.1, 0.15) is 22.6 Å². The lowest BCUT2D eigenvalue weighted by Crippen LogP contribution is -2.30. The van der Waals surface area contributed by atoms with E-state index < -0.39 is 45.7 Å². The number of ether oxygens (including phenoxy) is 1. The number of carbonyl (C=O) groups excluding carboxylic acids is 1. The first kappa shape index (κ1) is 26.9. The molecule has 1 aliphatic rings. The van der Waals surface area contributed by atoms with Crippen LogP contribution in [0.5, 0.6) is 23.0 Å². The van der Waals surface area contributed by atoms with E-state index in [0.717, 1.165) is 10.2 Å². The second kappa shape index (κ2) is 10.5. The Morgan fingerprint density at radius 3 is 2.25 bits per heavy atom. The van der Waals surface area contributed by atoms with Crippen molar-refractivity contribution < 1.29 is 39.3 Å². The van der Waals surface area contributed by atoms with Gasteiger partial charge in [-0.3, -0.25) is 14.9 Å². The second-order valence-electron chi connectivity index (χ2n) is 8.87. The third-order valence-electron chi connectivity index (χ3n) is 6.43. The van der Waals surface area contributed by atoms with E-state index in [9.17, 15) is 39.7 Å². The van der Waals surface area contributed by atoms with E-state index in [1.54, 1.807) is 12.1 Å². The Morgan fingerprint density at radius 1 is 1.02 bits per heavy atom. The highest BCUT2D eigenvalue weighted by molar-refractivity contribution is 9.10. The highest BCUT2D eigenvalue weighted by atomic mass is 79.9. The fourth-order valence-corrected chi connectivity index (χ4v) is 4.75. The molecule has 2 heterocycles. The van der Waals surface area contributed by atoms with Crippen LogP contribution in [0.3, 0.4) is 0 Å². The molecule has 1 amide bonds. The van der Waals surface area contributed by atoms with Crippen LogP contribution in [0.4, 0.5) is 10.1 Å². The van der Waals surface area contributed by atoms with Crippen LogP contribution in [-0.4, -0.2) is 59.1 Å². The zero-order chi connectivity index (χ0) is 28.7. The molecule has 5 rings (SSSR count). The van der Waals surface area contributed by atoms with Gasteiger partial charge in [0, 0.05) is 36.0 Å². The lowest BCUT2D eigenvalue weighted by molar-refractivity contribution is -0.384. The standard InChI is InChI=1S/C26H20BrFN4O8/c27-19-22(34)24(36)21(25(37)23(19)35)31-11-17(20(29-31)14-3-5-15(28)6-4-14)26-30(18(33)12-40-26)10-9-13-1-7-16(8-2-13)32(38)39/h1-8,11,26,34-37H,9-10,12H2. The number of rotatable bonds is 7. The number of hydrogen-bond acceptors (Lipinski definition) is 9. The van der Waals surface area contributed by atoms with E-state index in [2.05, 4.69) is 21.0 Å². The molecule has 4 aromatic rings. The number of non-ortho nitro benzene ring substituents is 1. The number of nitro groups is 1. The summed E-state index contributed by atoms with van der Waals surface area (Å²) in [6.07, 6.45) is 0.712. The normalized spacial score (nSPS) is 15.1. The molecule has 0 radical (unpaired) electrons. The molecule has 0 aliphatic carbocycles. The smallest absolute Gasteiger partial charge is 0.269 e. The molecule has 0 saturated carbocycles. The molecule has 1 unspecified atom stereocenters. The maximum atomic E-state index is 13.7. The zero-order valence-electron chi connectivity index (χ0n) is 20.4. The summed E-state index contributed by atoms with van der Waals surface area (Å²) in [5, 5.41) is 56.9. The molecule has 1 fully saturated rings. The van der Waals surface area contributed by atoms with Crippen LogP contribution in [0.1, 0.15) is 17.4 Å². The summed E-state index contributed by atoms with van der Waals surface area (Å²) in [6, 6.07) is 11.2. The van der Waals surface area contributed by atoms with Gasteiger partial charge in [-0.05, 0) is 52.2 Å². The van der Waals surface area contributed by atoms with E-state index in [1.807, 2.05) is 0 Å². The summed E-state index contributed by atoms with van der Waals surface area (Å²) in [4.78, 5) is 24.7. The Balaban J connectivity index is 1.56. The number of carbonyl (C=O) groups is 1. The third-order valence-corrected chi connectivity index (χ3v) is 7.18. The van der Waals surface area contributed by atoms with Crippen LogP contribution in [0.2, 0.25) is 0 Å². The van der Waals surface area contributed by atoms with Crippen LogP contribution in [-0.2, 0) is 16.0 Å². The molecule has 12 nitrogen and oxygen atoms in total. The van der Waals surface area contributed by atoms with E-state index in [0.29, 0.717) is 17.5 Å². The number of nitro benzene ring substituents is 1. The van der Waals surface area contributed by atoms with E-state index >= 15 is 0 Å². The molecule has 0 spiro atoms. The molecule has 3 aromatic carbocycles. The molecule has 0 bridgehead atoms. The van der Waals surface area contributed by atoms with Gasteiger partial charge in [0.15, 0.2) is 34.9 Å². The lowest BCUT2D eigenvalue weighted by Gasteiger charge is -2.23. The highest BCUT2D eigenvalue weighted by Gasteiger charge is 2.37. The van der Waals surface area contributed by atoms with Gasteiger partial charge in [-0.2, -0.15) is 5.10 Å². The molecule has 1 saturated heterocycles. The van der Waals surface area contributed by atoms with Crippen molar-refractivity contribution >= 4 is 27.5 Å². The fourth-order valence-electron chi connectivity index (χ4n) is 4.38. The van der Waals surface area contributed by atoms with Gasteiger partial charge in [0.05, 0.1) is 4.92 Å². The minimum atomic E-state index is -0.985. The number of phenolic OH excluding ortho intramolecular Hbond substituents is 4. The molecule has 4 N–H and O–H groups in total. The molecule has 14 heteroatoms. The number of nitrogens with zero attached hydrogens (tertiary/aromatic N) is 4. The van der Waals surface area contributed by atoms with Crippen molar-refractivity contribution in [2.75, 3.05) is 13.2 Å². The van der Waals surface area contributed by atoms with Gasteiger partial charge in [0.25, 0.3) is 11.6 Å². The summed E-state index contributed by atoms with van der Waals surface area (Å²) in [5.74, 6) is -3.92. The predicted octanol–water partition coefficient (Wildman–Crippen LogP) is 4.27. The Labute approximate surface area is 233 Å². The summed E-state index contributed by atoms with van der Waals surface area (Å²) < 4.78 is 20.1. The van der Waals surface area contributed by atoms with E-state index in [4.69, 9.17) is 4.74 Å². The third kappa shape index (κ3) is 4.78. The van der Waals surface area contributed by atoms with Crippen molar-refractivity contribution in [2.24, 2.45) is 0 Å². The summed E-state index contributed by atoms with van der Waals surface area (Å²) in [7, 11) is 0. The Hall–Kier alpha value is -4.69. The van der Waals surface area contributed by atoms with Gasteiger partial charge in [0.2, 0.25) is 0 Å². The van der Waals surface area contributed by atoms with Crippen LogP contribution < -0.4 is 0 Å². The monoisotopic (exact) mass is 614 g/mol. The van der Waals surface area contributed by atoms with Gasteiger partial charge in [-0.15, -0.1) is 0 Å². The molecule has 206 valence electrons. The quantitative estimate of drug-likeness (QED) is 0.103. The number of aromatic hydroxyl groups is 4. The SMILES string of the molecule is O=C1COC(c2cn(-c3c(O)c(O)c(Br)c(O)c3O)nc2-c2ccc(F)cc2)N1CCc1ccc([N+](=O)[O-])cc1. The number of aromatic nitrogens is 2. The number of halogens is 2. The molecular weight excluding hydrogens is 595 g/mol. The molecule has 1 atom stereocenters. The average Bonchev–Trinajstić information content (AvgIpc) is 3.53. The van der Waals surface area contributed by atoms with E-state index in [1.165, 1.54) is 47.5 Å². The first-order chi connectivity index (χ1) is 19.1. The first-order valence-electron chi connectivity index (χ1n) is 11.7. The van der Waals surface area contributed by atoms with Gasteiger partial charge < -0.3 is 30.1 Å². The molecule has 40 heavy (non-hydrogen) atoms. The maximum Gasteiger partial charge on any atom is 0.269 e. The van der Waals surface area contributed by atoms with Crippen LogP contribution in [0.15, 0.2) is 59.2 Å². The maximum absolute atomic E-state index is 13.7. The van der Waals surface area contributed by atoms with Crippen molar-refractivity contribution in [3.8, 4) is 39.9 Å². The second-order valence-corrected chi connectivity index (χ2v) is 9.66. The van der Waals surface area contributed by atoms with Crippen LogP contribution in [0.25, 0.3) is 16.9 Å². The van der Waals surface area contributed by atoms with Crippen molar-refractivity contribution in [2.45, 2.75) is 12.6 Å². The summed E-state index contributed by atoms with van der Waals surface area (Å²) in [6.45, 7) is -0.0823. The fraction of sp³-hybridized carbons (Fsp3) is 0.154. The number of phenols is 4. The van der Waals surface area contributed by atoms with Crippen molar-refractivity contribution in [3.05, 3.63) is 86.3 Å². The number of hydrogen-bond donors (Lipinski definition) is 4. The first-order valence-corrected chi connectivity index (χ1v) is 12.5.